The van der Waals surface area contributed by atoms with Gasteiger partial charge in [0.1, 0.15) is 9.84 Å². The maximum atomic E-state index is 11.4. The van der Waals surface area contributed by atoms with Gasteiger partial charge in [0.2, 0.25) is 0 Å². The van der Waals surface area contributed by atoms with Gasteiger partial charge in [0.15, 0.2) is 0 Å². The Kier molecular flexibility index (Phi) is 7.23. The molecule has 0 aromatic rings. The van der Waals surface area contributed by atoms with E-state index in [0.717, 1.165) is 25.2 Å². The number of sulfone groups is 1. The summed E-state index contributed by atoms with van der Waals surface area (Å²) in [6.07, 6.45) is 10.8. The molecule has 108 valence electrons. The summed E-state index contributed by atoms with van der Waals surface area (Å²) >= 11 is 0. The first-order valence-corrected chi connectivity index (χ1v) is 9.31. The molecule has 0 saturated heterocycles. The van der Waals surface area contributed by atoms with Crippen molar-refractivity contribution < 1.29 is 8.42 Å². The molecule has 2 N–H and O–H groups in total. The fourth-order valence-electron chi connectivity index (χ4n) is 2.86. The minimum Gasteiger partial charge on any atom is -0.328 e. The Morgan fingerprint density at radius 3 is 2.33 bits per heavy atom. The van der Waals surface area contributed by atoms with Gasteiger partial charge in [-0.1, -0.05) is 45.4 Å². The minimum absolute atomic E-state index is 0.195. The van der Waals surface area contributed by atoms with E-state index in [9.17, 15) is 8.42 Å². The molecule has 1 rings (SSSR count). The summed E-state index contributed by atoms with van der Waals surface area (Å²) in [4.78, 5) is 0. The van der Waals surface area contributed by atoms with Crippen molar-refractivity contribution in [1.29, 1.82) is 0 Å². The highest BCUT2D eigenvalue weighted by atomic mass is 32.2. The Morgan fingerprint density at radius 2 is 1.78 bits per heavy atom. The zero-order valence-electron chi connectivity index (χ0n) is 11.7. The van der Waals surface area contributed by atoms with E-state index in [1.165, 1.54) is 38.5 Å². The summed E-state index contributed by atoms with van der Waals surface area (Å²) in [6, 6.07) is 0.195. The average Bonchev–Trinajstić information content (AvgIpc) is 2.57. The molecule has 1 aliphatic rings. The van der Waals surface area contributed by atoms with Crippen LogP contribution in [-0.4, -0.2) is 26.0 Å². The fourth-order valence-corrected chi connectivity index (χ4v) is 3.75. The first-order valence-electron chi connectivity index (χ1n) is 7.49. The van der Waals surface area contributed by atoms with E-state index in [2.05, 4.69) is 0 Å². The topological polar surface area (TPSA) is 60.2 Å². The molecule has 1 fully saturated rings. The monoisotopic (exact) mass is 275 g/mol. The van der Waals surface area contributed by atoms with E-state index >= 15 is 0 Å². The minimum atomic E-state index is -2.81. The van der Waals surface area contributed by atoms with Crippen molar-refractivity contribution in [2.75, 3.05) is 11.5 Å². The van der Waals surface area contributed by atoms with Crippen molar-refractivity contribution in [3.8, 4) is 0 Å². The second-order valence-corrected chi connectivity index (χ2v) is 8.20. The number of nitrogens with two attached hydrogens (primary N) is 1. The van der Waals surface area contributed by atoms with Gasteiger partial charge < -0.3 is 5.73 Å². The quantitative estimate of drug-likeness (QED) is 0.727. The maximum Gasteiger partial charge on any atom is 0.150 e. The standard InChI is InChI=1S/C14H29NO2S/c1-2-18(16,17)11-7-10-14(15)12-13-8-5-3-4-6-9-13/h13-14H,2-12,15H2,1H3. The van der Waals surface area contributed by atoms with E-state index in [4.69, 9.17) is 5.73 Å². The summed E-state index contributed by atoms with van der Waals surface area (Å²) in [5.74, 6) is 1.34. The third-order valence-electron chi connectivity index (χ3n) is 4.08. The fraction of sp³-hybridized carbons (Fsp3) is 1.00. The molecule has 0 spiro atoms. The largest absolute Gasteiger partial charge is 0.328 e. The molecule has 1 aliphatic carbocycles. The lowest BCUT2D eigenvalue weighted by atomic mass is 9.91. The Bertz CT molecular complexity index is 306. The summed E-state index contributed by atoms with van der Waals surface area (Å²) in [6.45, 7) is 1.71. The Morgan fingerprint density at radius 1 is 1.17 bits per heavy atom. The van der Waals surface area contributed by atoms with Crippen molar-refractivity contribution >= 4 is 9.84 Å². The van der Waals surface area contributed by atoms with E-state index in [1.54, 1.807) is 6.92 Å². The molecule has 1 atom stereocenters. The Balaban J connectivity index is 2.18. The highest BCUT2D eigenvalue weighted by Crippen LogP contribution is 2.26. The summed E-state index contributed by atoms with van der Waals surface area (Å²) in [7, 11) is -2.81. The molecule has 4 heteroatoms. The smallest absolute Gasteiger partial charge is 0.150 e. The summed E-state index contributed by atoms with van der Waals surface area (Å²) in [5, 5.41) is 0. The van der Waals surface area contributed by atoms with Gasteiger partial charge in [0.25, 0.3) is 0 Å². The Hall–Kier alpha value is -0.0900. The van der Waals surface area contributed by atoms with Crippen LogP contribution in [0.3, 0.4) is 0 Å². The van der Waals surface area contributed by atoms with Gasteiger partial charge >= 0.3 is 0 Å². The van der Waals surface area contributed by atoms with Crippen LogP contribution in [0.2, 0.25) is 0 Å². The normalized spacial score (nSPS) is 20.6. The van der Waals surface area contributed by atoms with Crippen molar-refractivity contribution in [3.63, 3.8) is 0 Å². The van der Waals surface area contributed by atoms with Crippen molar-refractivity contribution in [1.82, 2.24) is 0 Å². The lowest BCUT2D eigenvalue weighted by molar-refractivity contribution is 0.377. The maximum absolute atomic E-state index is 11.4. The molecular formula is C14H29NO2S. The predicted octanol–water partition coefficient (Wildman–Crippen LogP) is 2.89. The molecule has 0 radical (unpaired) electrons. The van der Waals surface area contributed by atoms with Gasteiger partial charge in [-0.25, -0.2) is 8.42 Å². The van der Waals surface area contributed by atoms with Gasteiger partial charge in [-0.3, -0.25) is 0 Å². The molecule has 0 amide bonds. The summed E-state index contributed by atoms with van der Waals surface area (Å²) in [5.41, 5.74) is 6.13. The van der Waals surface area contributed by atoms with E-state index in [0.29, 0.717) is 5.75 Å². The second kappa shape index (κ2) is 8.16. The third-order valence-corrected chi connectivity index (χ3v) is 5.87. The van der Waals surface area contributed by atoms with Crippen LogP contribution in [0.25, 0.3) is 0 Å². The average molecular weight is 275 g/mol. The third kappa shape index (κ3) is 6.74. The zero-order valence-corrected chi connectivity index (χ0v) is 12.6. The number of hydrogen-bond donors (Lipinski definition) is 1. The Labute approximate surface area is 112 Å². The number of rotatable bonds is 7. The molecular weight excluding hydrogens is 246 g/mol. The van der Waals surface area contributed by atoms with Crippen LogP contribution >= 0.6 is 0 Å². The van der Waals surface area contributed by atoms with Gasteiger partial charge in [-0.05, 0) is 25.2 Å². The van der Waals surface area contributed by atoms with Crippen LogP contribution < -0.4 is 5.73 Å². The molecule has 0 aliphatic heterocycles. The van der Waals surface area contributed by atoms with Crippen LogP contribution in [0.15, 0.2) is 0 Å². The predicted molar refractivity (Wildman–Crippen MR) is 77.3 cm³/mol. The van der Waals surface area contributed by atoms with E-state index in [1.807, 2.05) is 0 Å². The van der Waals surface area contributed by atoms with Crippen molar-refractivity contribution in [3.05, 3.63) is 0 Å². The highest BCUT2D eigenvalue weighted by Gasteiger charge is 2.16. The van der Waals surface area contributed by atoms with Gasteiger partial charge in [-0.2, -0.15) is 0 Å². The van der Waals surface area contributed by atoms with Crippen LogP contribution in [0.5, 0.6) is 0 Å². The summed E-state index contributed by atoms with van der Waals surface area (Å²) < 4.78 is 22.8. The highest BCUT2D eigenvalue weighted by molar-refractivity contribution is 7.91. The molecule has 0 heterocycles. The van der Waals surface area contributed by atoms with Crippen molar-refractivity contribution in [2.45, 2.75) is 70.8 Å². The van der Waals surface area contributed by atoms with Crippen molar-refractivity contribution in [2.24, 2.45) is 11.7 Å². The first kappa shape index (κ1) is 16.0. The molecule has 0 bridgehead atoms. The van der Waals surface area contributed by atoms with Crippen LogP contribution in [0.4, 0.5) is 0 Å². The number of hydrogen-bond acceptors (Lipinski definition) is 3. The van der Waals surface area contributed by atoms with Crippen LogP contribution in [0, 0.1) is 5.92 Å². The first-order chi connectivity index (χ1) is 8.53. The lowest BCUT2D eigenvalue weighted by Gasteiger charge is -2.19. The van der Waals surface area contributed by atoms with E-state index in [-0.39, 0.29) is 11.8 Å². The zero-order chi connectivity index (χ0) is 13.4. The SMILES string of the molecule is CCS(=O)(=O)CCCC(N)CC1CCCCCC1. The second-order valence-electron chi connectivity index (χ2n) is 5.73. The van der Waals surface area contributed by atoms with Gasteiger partial charge in [0, 0.05) is 11.8 Å². The van der Waals surface area contributed by atoms with Crippen LogP contribution in [0.1, 0.15) is 64.7 Å². The molecule has 18 heavy (non-hydrogen) atoms. The van der Waals surface area contributed by atoms with Gasteiger partial charge in [-0.15, -0.1) is 0 Å². The molecule has 1 saturated carbocycles. The lowest BCUT2D eigenvalue weighted by Crippen LogP contribution is -2.24. The molecule has 0 aromatic heterocycles. The molecule has 3 nitrogen and oxygen atoms in total. The molecule has 1 unspecified atom stereocenters. The molecule has 0 aromatic carbocycles. The van der Waals surface area contributed by atoms with Gasteiger partial charge in [0.05, 0.1) is 5.75 Å². The van der Waals surface area contributed by atoms with Crippen LogP contribution in [-0.2, 0) is 9.84 Å². The van der Waals surface area contributed by atoms with E-state index < -0.39 is 9.84 Å².